The second kappa shape index (κ2) is 11.2. The van der Waals surface area contributed by atoms with Crippen LogP contribution in [0.15, 0.2) is 30.9 Å². The van der Waals surface area contributed by atoms with Gasteiger partial charge in [-0.3, -0.25) is 9.48 Å². The molecule has 13 heteroatoms. The Bertz CT molecular complexity index is 1170. The molecule has 1 fully saturated rings. The van der Waals surface area contributed by atoms with Crippen molar-refractivity contribution in [2.45, 2.75) is 32.1 Å². The van der Waals surface area contributed by atoms with Crippen LogP contribution in [0.25, 0.3) is 0 Å². The number of carbonyl (C=O) groups is 1. The molecule has 2 N–H and O–H groups in total. The quantitative estimate of drug-likeness (QED) is 0.405. The molecule has 3 heterocycles. The number of ether oxygens (including phenoxy) is 3. The lowest BCUT2D eigenvalue weighted by Gasteiger charge is -2.35. The van der Waals surface area contributed by atoms with E-state index in [0.29, 0.717) is 38.2 Å². The van der Waals surface area contributed by atoms with Gasteiger partial charge in [0.25, 0.3) is 0 Å². The van der Waals surface area contributed by atoms with Crippen LogP contribution in [0.3, 0.4) is 0 Å². The normalized spacial score (nSPS) is 13.3. The van der Waals surface area contributed by atoms with Crippen LogP contribution in [-0.4, -0.2) is 69.1 Å². The smallest absolute Gasteiger partial charge is 0.227 e. The molecule has 1 saturated heterocycles. The number of carbonyl (C=O) groups excluding carboxylic acids is 1. The minimum absolute atomic E-state index is 0.0255. The molecule has 0 atom stereocenters. The zero-order valence-corrected chi connectivity index (χ0v) is 19.8. The summed E-state index contributed by atoms with van der Waals surface area (Å²) in [5, 5.41) is 16.5. The number of halogens is 2. The van der Waals surface area contributed by atoms with Crippen LogP contribution in [0.2, 0.25) is 0 Å². The molecule has 192 valence electrons. The summed E-state index contributed by atoms with van der Waals surface area (Å²) >= 11 is 0. The summed E-state index contributed by atoms with van der Waals surface area (Å²) in [4.78, 5) is 21.9. The van der Waals surface area contributed by atoms with E-state index < -0.39 is 24.3 Å². The van der Waals surface area contributed by atoms with E-state index in [9.17, 15) is 18.7 Å². The number of methoxy groups -OCH3 is 2. The Morgan fingerprint density at radius 3 is 2.42 bits per heavy atom. The standard InChI is InChI=1S/C23H26F2N6O5/c1-34-18-6-19(35-2)22(25)17(21(18)24)13-36-16-8-26-23(27-9-16)29-14-7-28-31(10-14)5-3-4-20(33)30-11-15(32)12-30/h6-10,15,32H,3-5,11-13H2,1-2H3,(H,26,27,29). The van der Waals surface area contributed by atoms with Gasteiger partial charge in [0, 0.05) is 38.3 Å². The van der Waals surface area contributed by atoms with Gasteiger partial charge in [0.1, 0.15) is 6.61 Å². The maximum Gasteiger partial charge on any atom is 0.227 e. The number of nitrogens with zero attached hydrogens (tertiary/aromatic N) is 5. The Hall–Kier alpha value is -4.00. The molecule has 1 aliphatic rings. The third-order valence-corrected chi connectivity index (χ3v) is 5.56. The SMILES string of the molecule is COc1cc(OC)c(F)c(COc2cnc(Nc3cnn(CCCC(=O)N4CC(O)C4)c3)nc2)c1F. The highest BCUT2D eigenvalue weighted by molar-refractivity contribution is 5.77. The summed E-state index contributed by atoms with van der Waals surface area (Å²) in [7, 11) is 2.54. The number of β-amino-alcohol motifs (C(OH)–C–C–N with tert-alkyl or cyclic N) is 1. The highest BCUT2D eigenvalue weighted by Gasteiger charge is 2.28. The van der Waals surface area contributed by atoms with Gasteiger partial charge >= 0.3 is 0 Å². The highest BCUT2D eigenvalue weighted by atomic mass is 19.1. The molecule has 0 saturated carbocycles. The van der Waals surface area contributed by atoms with Gasteiger partial charge < -0.3 is 29.5 Å². The molecule has 0 bridgehead atoms. The molecule has 11 nitrogen and oxygen atoms in total. The van der Waals surface area contributed by atoms with Gasteiger partial charge in [0.15, 0.2) is 28.9 Å². The monoisotopic (exact) mass is 504 g/mol. The van der Waals surface area contributed by atoms with E-state index in [2.05, 4.69) is 20.4 Å². The van der Waals surface area contributed by atoms with Gasteiger partial charge in [0.2, 0.25) is 11.9 Å². The van der Waals surface area contributed by atoms with Gasteiger partial charge in [-0.15, -0.1) is 0 Å². The van der Waals surface area contributed by atoms with Gasteiger partial charge in [-0.25, -0.2) is 18.7 Å². The van der Waals surface area contributed by atoms with E-state index in [4.69, 9.17) is 14.2 Å². The van der Waals surface area contributed by atoms with E-state index in [1.165, 1.54) is 26.6 Å². The second-order valence-corrected chi connectivity index (χ2v) is 8.09. The van der Waals surface area contributed by atoms with Crippen LogP contribution in [0.4, 0.5) is 20.4 Å². The van der Waals surface area contributed by atoms with Crippen molar-refractivity contribution in [1.82, 2.24) is 24.6 Å². The van der Waals surface area contributed by atoms with Crippen molar-refractivity contribution in [3.8, 4) is 17.2 Å². The van der Waals surface area contributed by atoms with E-state index in [0.717, 1.165) is 6.07 Å². The van der Waals surface area contributed by atoms with Gasteiger partial charge in [-0.05, 0) is 6.42 Å². The lowest BCUT2D eigenvalue weighted by molar-refractivity contribution is -0.141. The van der Waals surface area contributed by atoms with Gasteiger partial charge in [0.05, 0.1) is 50.2 Å². The van der Waals surface area contributed by atoms with Crippen LogP contribution in [0.5, 0.6) is 17.2 Å². The molecular weight excluding hydrogens is 478 g/mol. The maximum absolute atomic E-state index is 14.5. The summed E-state index contributed by atoms with van der Waals surface area (Å²) in [6.07, 6.45) is 6.69. The fraction of sp³-hybridized carbons (Fsp3) is 0.391. The minimum atomic E-state index is -0.879. The molecule has 3 aromatic rings. The Morgan fingerprint density at radius 2 is 1.81 bits per heavy atom. The molecule has 1 amide bonds. The molecule has 0 spiro atoms. The Labute approximate surface area is 205 Å². The molecule has 1 aliphatic heterocycles. The molecule has 2 aromatic heterocycles. The van der Waals surface area contributed by atoms with Crippen LogP contribution < -0.4 is 19.5 Å². The van der Waals surface area contributed by atoms with Crippen molar-refractivity contribution in [1.29, 1.82) is 0 Å². The van der Waals surface area contributed by atoms with Gasteiger partial charge in [-0.2, -0.15) is 5.10 Å². The van der Waals surface area contributed by atoms with Crippen LogP contribution in [0.1, 0.15) is 18.4 Å². The number of rotatable bonds is 11. The number of benzene rings is 1. The van der Waals surface area contributed by atoms with Crippen molar-refractivity contribution in [2.24, 2.45) is 0 Å². The number of nitrogens with one attached hydrogen (secondary N) is 1. The fourth-order valence-corrected chi connectivity index (χ4v) is 3.56. The summed E-state index contributed by atoms with van der Waals surface area (Å²) < 4.78 is 45.9. The van der Waals surface area contributed by atoms with Crippen LogP contribution in [-0.2, 0) is 17.9 Å². The number of aliphatic hydroxyl groups is 1. The minimum Gasteiger partial charge on any atom is -0.494 e. The van der Waals surface area contributed by atoms with Crippen molar-refractivity contribution in [3.05, 3.63) is 48.1 Å². The van der Waals surface area contributed by atoms with Crippen molar-refractivity contribution in [3.63, 3.8) is 0 Å². The third-order valence-electron chi connectivity index (χ3n) is 5.56. The fourth-order valence-electron chi connectivity index (χ4n) is 3.56. The number of aromatic nitrogens is 4. The van der Waals surface area contributed by atoms with E-state index >= 15 is 0 Å². The summed E-state index contributed by atoms with van der Waals surface area (Å²) in [5.41, 5.74) is 0.304. The molecule has 0 aliphatic carbocycles. The number of aryl methyl sites for hydroxylation is 1. The van der Waals surface area contributed by atoms with Crippen LogP contribution >= 0.6 is 0 Å². The number of hydrogen-bond donors (Lipinski definition) is 2. The molecule has 4 rings (SSSR count). The number of anilines is 2. The molecule has 0 radical (unpaired) electrons. The maximum atomic E-state index is 14.5. The summed E-state index contributed by atoms with van der Waals surface area (Å²) in [6, 6.07) is 1.12. The van der Waals surface area contributed by atoms with Crippen LogP contribution in [0, 0.1) is 11.6 Å². The predicted molar refractivity (Wildman–Crippen MR) is 123 cm³/mol. The summed E-state index contributed by atoms with van der Waals surface area (Å²) in [6.45, 7) is 0.943. The second-order valence-electron chi connectivity index (χ2n) is 8.09. The first-order chi connectivity index (χ1) is 17.4. The number of likely N-dealkylation sites (tertiary alicyclic amines) is 1. The average molecular weight is 504 g/mol. The lowest BCUT2D eigenvalue weighted by atomic mass is 10.1. The molecular formula is C23H26F2N6O5. The van der Waals surface area contributed by atoms with E-state index in [-0.39, 0.29) is 34.7 Å². The van der Waals surface area contributed by atoms with Crippen molar-refractivity contribution >= 4 is 17.5 Å². The first-order valence-corrected chi connectivity index (χ1v) is 11.2. The molecule has 0 unspecified atom stereocenters. The topological polar surface area (TPSA) is 124 Å². The zero-order valence-electron chi connectivity index (χ0n) is 19.8. The Kier molecular flexibility index (Phi) is 7.78. The largest absolute Gasteiger partial charge is 0.494 e. The molecule has 1 aromatic carbocycles. The predicted octanol–water partition coefficient (Wildman–Crippen LogP) is 2.27. The van der Waals surface area contributed by atoms with Crippen molar-refractivity contribution in [2.75, 3.05) is 32.6 Å². The van der Waals surface area contributed by atoms with Gasteiger partial charge in [-0.1, -0.05) is 0 Å². The lowest BCUT2D eigenvalue weighted by Crippen LogP contribution is -2.53. The molecule has 36 heavy (non-hydrogen) atoms. The number of amides is 1. The third kappa shape index (κ3) is 5.79. The van der Waals surface area contributed by atoms with E-state index in [1.807, 2.05) is 0 Å². The Morgan fingerprint density at radius 1 is 1.14 bits per heavy atom. The number of aliphatic hydroxyl groups excluding tert-OH is 1. The zero-order chi connectivity index (χ0) is 25.7. The average Bonchev–Trinajstić information content (AvgIpc) is 3.30. The van der Waals surface area contributed by atoms with Crippen molar-refractivity contribution < 1.29 is 32.9 Å². The Balaban J connectivity index is 1.28. The summed E-state index contributed by atoms with van der Waals surface area (Å²) in [5.74, 6) is -1.58. The number of hydrogen-bond acceptors (Lipinski definition) is 9. The first kappa shape index (κ1) is 25.1. The first-order valence-electron chi connectivity index (χ1n) is 11.2. The highest BCUT2D eigenvalue weighted by Crippen LogP contribution is 2.32. The van der Waals surface area contributed by atoms with E-state index in [1.54, 1.807) is 22.0 Å².